The maximum absolute atomic E-state index is 12.0. The summed E-state index contributed by atoms with van der Waals surface area (Å²) in [5.74, 6) is 0.995. The van der Waals surface area contributed by atoms with Gasteiger partial charge in [0.2, 0.25) is 5.91 Å². The standard InChI is InChI=1S/C16H24N2O3/c1-3-21-14-6-4-13(5-7-14)17-16(20)11-18-9-8-15(19)12(2)10-18/h4-7,12,15,19H,3,8-11H2,1-2H3,(H,17,20). The number of benzene rings is 1. The summed E-state index contributed by atoms with van der Waals surface area (Å²) < 4.78 is 5.36. The molecule has 116 valence electrons. The normalized spacial score (nSPS) is 22.8. The van der Waals surface area contributed by atoms with E-state index in [2.05, 4.69) is 10.2 Å². The van der Waals surface area contributed by atoms with E-state index in [0.717, 1.165) is 30.9 Å². The Morgan fingerprint density at radius 1 is 1.43 bits per heavy atom. The number of ether oxygens (including phenoxy) is 1. The third-order valence-electron chi connectivity index (χ3n) is 3.76. The first-order chi connectivity index (χ1) is 10.1. The van der Waals surface area contributed by atoms with Gasteiger partial charge in [0.25, 0.3) is 0 Å². The number of nitrogens with one attached hydrogen (secondary N) is 1. The molecule has 5 heteroatoms. The van der Waals surface area contributed by atoms with Gasteiger partial charge in [0.1, 0.15) is 5.75 Å². The summed E-state index contributed by atoms with van der Waals surface area (Å²) in [7, 11) is 0. The van der Waals surface area contributed by atoms with Crippen molar-refractivity contribution in [2.75, 3.05) is 31.6 Å². The predicted octanol–water partition coefficient (Wildman–Crippen LogP) is 1.73. The molecule has 2 unspecified atom stereocenters. The van der Waals surface area contributed by atoms with E-state index >= 15 is 0 Å². The molecule has 1 amide bonds. The lowest BCUT2D eigenvalue weighted by Crippen LogP contribution is -2.45. The van der Waals surface area contributed by atoms with Crippen LogP contribution in [0.3, 0.4) is 0 Å². The van der Waals surface area contributed by atoms with Gasteiger partial charge in [-0.2, -0.15) is 0 Å². The average molecular weight is 292 g/mol. The van der Waals surface area contributed by atoms with Gasteiger partial charge in [-0.3, -0.25) is 9.69 Å². The molecular weight excluding hydrogens is 268 g/mol. The second-order valence-corrected chi connectivity index (χ2v) is 5.57. The van der Waals surface area contributed by atoms with Gasteiger partial charge in [0.15, 0.2) is 0 Å². The summed E-state index contributed by atoms with van der Waals surface area (Å²) in [4.78, 5) is 14.1. The van der Waals surface area contributed by atoms with Crippen LogP contribution < -0.4 is 10.1 Å². The maximum atomic E-state index is 12.0. The van der Waals surface area contributed by atoms with E-state index < -0.39 is 0 Å². The fourth-order valence-electron chi connectivity index (χ4n) is 2.57. The molecule has 1 aromatic carbocycles. The average Bonchev–Trinajstić information content (AvgIpc) is 2.45. The Morgan fingerprint density at radius 3 is 2.76 bits per heavy atom. The fourth-order valence-corrected chi connectivity index (χ4v) is 2.57. The minimum atomic E-state index is -0.240. The summed E-state index contributed by atoms with van der Waals surface area (Å²) in [6, 6.07) is 7.37. The summed E-state index contributed by atoms with van der Waals surface area (Å²) in [5, 5.41) is 12.6. The molecule has 2 rings (SSSR count). The molecule has 1 saturated heterocycles. The Labute approximate surface area is 125 Å². The highest BCUT2D eigenvalue weighted by Crippen LogP contribution is 2.17. The molecule has 21 heavy (non-hydrogen) atoms. The van der Waals surface area contributed by atoms with Crippen LogP contribution in [0.25, 0.3) is 0 Å². The van der Waals surface area contributed by atoms with Gasteiger partial charge in [0.05, 0.1) is 19.3 Å². The number of nitrogens with zero attached hydrogens (tertiary/aromatic N) is 1. The van der Waals surface area contributed by atoms with Crippen LogP contribution in [-0.4, -0.2) is 48.3 Å². The highest BCUT2D eigenvalue weighted by Gasteiger charge is 2.25. The molecule has 1 heterocycles. The monoisotopic (exact) mass is 292 g/mol. The number of carbonyl (C=O) groups is 1. The Hall–Kier alpha value is -1.59. The van der Waals surface area contributed by atoms with Crippen molar-refractivity contribution in [3.8, 4) is 5.75 Å². The molecule has 1 aliphatic rings. The number of hydrogen-bond acceptors (Lipinski definition) is 4. The van der Waals surface area contributed by atoms with E-state index in [0.29, 0.717) is 13.2 Å². The zero-order valence-corrected chi connectivity index (χ0v) is 12.7. The molecule has 1 aromatic rings. The number of piperidine rings is 1. The van der Waals surface area contributed by atoms with Crippen LogP contribution in [0.4, 0.5) is 5.69 Å². The number of aliphatic hydroxyl groups is 1. The number of aliphatic hydroxyl groups excluding tert-OH is 1. The highest BCUT2D eigenvalue weighted by atomic mass is 16.5. The van der Waals surface area contributed by atoms with E-state index in [1.54, 1.807) is 0 Å². The Kier molecular flexibility index (Phi) is 5.59. The van der Waals surface area contributed by atoms with Gasteiger partial charge in [0, 0.05) is 18.8 Å². The molecule has 1 aliphatic heterocycles. The highest BCUT2D eigenvalue weighted by molar-refractivity contribution is 5.92. The third-order valence-corrected chi connectivity index (χ3v) is 3.76. The number of likely N-dealkylation sites (tertiary alicyclic amines) is 1. The zero-order chi connectivity index (χ0) is 15.2. The molecule has 2 atom stereocenters. The van der Waals surface area contributed by atoms with Crippen LogP contribution in [0.15, 0.2) is 24.3 Å². The minimum Gasteiger partial charge on any atom is -0.494 e. The largest absolute Gasteiger partial charge is 0.494 e. The van der Waals surface area contributed by atoms with E-state index in [9.17, 15) is 9.90 Å². The van der Waals surface area contributed by atoms with Crippen LogP contribution in [0.1, 0.15) is 20.3 Å². The number of anilines is 1. The Balaban J connectivity index is 1.81. The molecule has 0 saturated carbocycles. The molecule has 0 spiro atoms. The van der Waals surface area contributed by atoms with Crippen LogP contribution in [0, 0.1) is 5.92 Å². The van der Waals surface area contributed by atoms with E-state index in [-0.39, 0.29) is 17.9 Å². The van der Waals surface area contributed by atoms with Gasteiger partial charge in [-0.25, -0.2) is 0 Å². The third kappa shape index (κ3) is 4.72. The van der Waals surface area contributed by atoms with Gasteiger partial charge in [-0.15, -0.1) is 0 Å². The Morgan fingerprint density at radius 2 is 2.14 bits per heavy atom. The van der Waals surface area contributed by atoms with Gasteiger partial charge < -0.3 is 15.2 Å². The van der Waals surface area contributed by atoms with Crippen molar-refractivity contribution in [3.05, 3.63) is 24.3 Å². The first-order valence-electron chi connectivity index (χ1n) is 7.51. The lowest BCUT2D eigenvalue weighted by atomic mass is 9.97. The minimum absolute atomic E-state index is 0.0252. The van der Waals surface area contributed by atoms with Crippen molar-refractivity contribution >= 4 is 11.6 Å². The number of amides is 1. The van der Waals surface area contributed by atoms with Crippen LogP contribution in [0.2, 0.25) is 0 Å². The molecule has 5 nitrogen and oxygen atoms in total. The molecule has 2 N–H and O–H groups in total. The molecule has 0 bridgehead atoms. The predicted molar refractivity (Wildman–Crippen MR) is 82.5 cm³/mol. The lowest BCUT2D eigenvalue weighted by Gasteiger charge is -2.33. The van der Waals surface area contributed by atoms with E-state index in [1.165, 1.54) is 0 Å². The first-order valence-corrected chi connectivity index (χ1v) is 7.51. The quantitative estimate of drug-likeness (QED) is 0.867. The molecular formula is C16H24N2O3. The maximum Gasteiger partial charge on any atom is 0.238 e. The topological polar surface area (TPSA) is 61.8 Å². The summed E-state index contributed by atoms with van der Waals surface area (Å²) in [6.45, 7) is 6.47. The van der Waals surface area contributed by atoms with E-state index in [1.807, 2.05) is 38.1 Å². The summed E-state index contributed by atoms with van der Waals surface area (Å²) >= 11 is 0. The fraction of sp³-hybridized carbons (Fsp3) is 0.562. The van der Waals surface area contributed by atoms with Crippen LogP contribution in [0.5, 0.6) is 5.75 Å². The SMILES string of the molecule is CCOc1ccc(NC(=O)CN2CCC(O)C(C)C2)cc1. The molecule has 0 radical (unpaired) electrons. The van der Waals surface area contributed by atoms with Crippen molar-refractivity contribution in [2.45, 2.75) is 26.4 Å². The number of carbonyl (C=O) groups excluding carboxylic acids is 1. The van der Waals surface area contributed by atoms with Gasteiger partial charge >= 0.3 is 0 Å². The number of rotatable bonds is 5. The first kappa shape index (κ1) is 15.8. The van der Waals surface area contributed by atoms with Crippen molar-refractivity contribution < 1.29 is 14.6 Å². The van der Waals surface area contributed by atoms with Crippen molar-refractivity contribution in [1.29, 1.82) is 0 Å². The smallest absolute Gasteiger partial charge is 0.238 e. The second kappa shape index (κ2) is 7.43. The molecule has 0 aliphatic carbocycles. The summed E-state index contributed by atoms with van der Waals surface area (Å²) in [6.07, 6.45) is 0.493. The van der Waals surface area contributed by atoms with Crippen molar-refractivity contribution in [1.82, 2.24) is 4.90 Å². The molecule has 1 fully saturated rings. The lowest BCUT2D eigenvalue weighted by molar-refractivity contribution is -0.118. The summed E-state index contributed by atoms with van der Waals surface area (Å²) in [5.41, 5.74) is 0.772. The molecule has 0 aromatic heterocycles. The van der Waals surface area contributed by atoms with Crippen molar-refractivity contribution in [3.63, 3.8) is 0 Å². The zero-order valence-electron chi connectivity index (χ0n) is 12.7. The van der Waals surface area contributed by atoms with Crippen LogP contribution in [-0.2, 0) is 4.79 Å². The second-order valence-electron chi connectivity index (χ2n) is 5.57. The van der Waals surface area contributed by atoms with Gasteiger partial charge in [-0.1, -0.05) is 6.92 Å². The van der Waals surface area contributed by atoms with Crippen molar-refractivity contribution in [2.24, 2.45) is 5.92 Å². The Bertz CT molecular complexity index is 461. The number of hydrogen-bond donors (Lipinski definition) is 2. The van der Waals surface area contributed by atoms with E-state index in [4.69, 9.17) is 4.74 Å². The van der Waals surface area contributed by atoms with Gasteiger partial charge in [-0.05, 0) is 43.5 Å². The van der Waals surface area contributed by atoms with Crippen LogP contribution >= 0.6 is 0 Å².